The lowest BCUT2D eigenvalue weighted by Crippen LogP contribution is -2.18. The highest BCUT2D eigenvalue weighted by Gasteiger charge is 2.35. The topological polar surface area (TPSA) is 159 Å². The molecule has 0 radical (unpaired) electrons. The second kappa shape index (κ2) is 10.0. The van der Waals surface area contributed by atoms with Gasteiger partial charge in [0.05, 0.1) is 16.1 Å². The number of nitrogens with two attached hydrogens (primary N) is 2. The third kappa shape index (κ3) is 5.95. The number of primary sulfonamides is 1. The number of phenolic OH excluding ortho intramolecular Hbond substituents is 1. The molecule has 0 aromatic heterocycles. The van der Waals surface area contributed by atoms with Crippen LogP contribution in [0.1, 0.15) is 23.6 Å². The van der Waals surface area contributed by atoms with Gasteiger partial charge in [-0.15, -0.1) is 0 Å². The van der Waals surface area contributed by atoms with Crippen molar-refractivity contribution in [2.75, 3.05) is 5.32 Å². The van der Waals surface area contributed by atoms with E-state index in [0.717, 1.165) is 37.3 Å². The Balaban J connectivity index is 2.05. The van der Waals surface area contributed by atoms with Crippen molar-refractivity contribution in [1.82, 2.24) is 0 Å². The summed E-state index contributed by atoms with van der Waals surface area (Å²) < 4.78 is 80.3. The Hall–Kier alpha value is -4.23. The standard InChI is InChI=1S/C24H20F4N4O4S/c1-12(16-10-14(22(29)30)7-9-19(16)33)21(25)23(34)32-18-8-6-13(11-17(18)24(26,27)28)15-4-2-3-5-20(15)37(31,35)36/h2-11,33H,1H3,(H3,29,30)(H,32,34)(H2,31,35,36)/b21-12+. The number of benzene rings is 3. The minimum atomic E-state index is -5.02. The third-order valence-electron chi connectivity index (χ3n) is 5.32. The van der Waals surface area contributed by atoms with Gasteiger partial charge >= 0.3 is 6.18 Å². The van der Waals surface area contributed by atoms with Crippen LogP contribution in [0.25, 0.3) is 16.7 Å². The zero-order chi connectivity index (χ0) is 27.7. The molecule has 13 heteroatoms. The van der Waals surface area contributed by atoms with E-state index in [2.05, 4.69) is 0 Å². The monoisotopic (exact) mass is 536 g/mol. The molecule has 0 aliphatic heterocycles. The molecule has 0 heterocycles. The minimum absolute atomic E-state index is 0.101. The zero-order valence-electron chi connectivity index (χ0n) is 19.0. The van der Waals surface area contributed by atoms with Crippen LogP contribution in [0.15, 0.2) is 71.4 Å². The second-order valence-electron chi connectivity index (χ2n) is 7.84. The highest BCUT2D eigenvalue weighted by atomic mass is 32.2. The number of alkyl halides is 3. The fourth-order valence-electron chi connectivity index (χ4n) is 3.48. The maximum Gasteiger partial charge on any atom is 0.418 e. The molecule has 7 N–H and O–H groups in total. The number of sulfonamides is 1. The van der Waals surface area contributed by atoms with Crippen molar-refractivity contribution in [1.29, 1.82) is 5.41 Å². The predicted octanol–water partition coefficient (Wildman–Crippen LogP) is 4.35. The van der Waals surface area contributed by atoms with Gasteiger partial charge in [0.25, 0.3) is 5.91 Å². The van der Waals surface area contributed by atoms with Crippen molar-refractivity contribution in [3.05, 3.63) is 83.2 Å². The average Bonchev–Trinajstić information content (AvgIpc) is 2.82. The van der Waals surface area contributed by atoms with Crippen LogP contribution in [0.5, 0.6) is 5.75 Å². The van der Waals surface area contributed by atoms with Crippen molar-refractivity contribution >= 4 is 33.0 Å². The smallest absolute Gasteiger partial charge is 0.418 e. The summed E-state index contributed by atoms with van der Waals surface area (Å²) in [4.78, 5) is 12.1. The first-order valence-electron chi connectivity index (χ1n) is 10.3. The van der Waals surface area contributed by atoms with Crippen LogP contribution in [-0.2, 0) is 21.0 Å². The lowest BCUT2D eigenvalue weighted by atomic mass is 10.0. The number of carbonyl (C=O) groups excluding carboxylic acids is 1. The summed E-state index contributed by atoms with van der Waals surface area (Å²) in [5, 5.41) is 24.5. The Bertz CT molecular complexity index is 1550. The summed E-state index contributed by atoms with van der Waals surface area (Å²) in [5.74, 6) is -3.86. The summed E-state index contributed by atoms with van der Waals surface area (Å²) in [6.45, 7) is 1.12. The van der Waals surface area contributed by atoms with Gasteiger partial charge in [-0.05, 0) is 48.9 Å². The molecule has 37 heavy (non-hydrogen) atoms. The average molecular weight is 537 g/mol. The summed E-state index contributed by atoms with van der Waals surface area (Å²) in [6, 6.07) is 11.3. The molecule has 0 atom stereocenters. The summed E-state index contributed by atoms with van der Waals surface area (Å²) in [7, 11) is -4.27. The number of allylic oxidation sites excluding steroid dienone is 1. The van der Waals surface area contributed by atoms with Gasteiger partial charge in [-0.2, -0.15) is 13.2 Å². The maximum absolute atomic E-state index is 14.9. The van der Waals surface area contributed by atoms with Gasteiger partial charge in [0.1, 0.15) is 11.6 Å². The van der Waals surface area contributed by atoms with E-state index in [0.29, 0.717) is 6.07 Å². The first-order valence-corrected chi connectivity index (χ1v) is 11.8. The number of phenols is 1. The highest BCUT2D eigenvalue weighted by Crippen LogP contribution is 2.39. The Labute approximate surface area is 208 Å². The number of halogens is 4. The van der Waals surface area contributed by atoms with E-state index in [1.807, 2.05) is 5.32 Å². The van der Waals surface area contributed by atoms with Gasteiger partial charge in [0.15, 0.2) is 5.83 Å². The first-order chi connectivity index (χ1) is 17.1. The Morgan fingerprint density at radius 1 is 1.05 bits per heavy atom. The number of aromatic hydroxyl groups is 1. The molecule has 0 aliphatic carbocycles. The lowest BCUT2D eigenvalue weighted by molar-refractivity contribution is -0.136. The van der Waals surface area contributed by atoms with E-state index in [1.165, 1.54) is 24.3 Å². The van der Waals surface area contributed by atoms with E-state index >= 15 is 0 Å². The van der Waals surface area contributed by atoms with Crippen LogP contribution >= 0.6 is 0 Å². The van der Waals surface area contributed by atoms with Gasteiger partial charge < -0.3 is 16.2 Å². The van der Waals surface area contributed by atoms with Gasteiger partial charge in [0, 0.05) is 22.3 Å². The molecule has 194 valence electrons. The molecule has 3 aromatic carbocycles. The van der Waals surface area contributed by atoms with Crippen LogP contribution in [0.3, 0.4) is 0 Å². The lowest BCUT2D eigenvalue weighted by Gasteiger charge is -2.17. The van der Waals surface area contributed by atoms with E-state index < -0.39 is 61.2 Å². The van der Waals surface area contributed by atoms with Crippen LogP contribution in [0.2, 0.25) is 0 Å². The summed E-state index contributed by atoms with van der Waals surface area (Å²) in [5.41, 5.74) is 2.48. The van der Waals surface area contributed by atoms with E-state index in [-0.39, 0.29) is 22.3 Å². The molecule has 3 aromatic rings. The number of amides is 1. The first kappa shape index (κ1) is 27.4. The number of amidine groups is 1. The van der Waals surface area contributed by atoms with Crippen LogP contribution in [-0.4, -0.2) is 25.3 Å². The molecule has 0 aliphatic rings. The van der Waals surface area contributed by atoms with Crippen LogP contribution in [0.4, 0.5) is 23.2 Å². The number of rotatable bonds is 6. The van der Waals surface area contributed by atoms with Crippen molar-refractivity contribution < 1.29 is 35.9 Å². The molecule has 0 saturated heterocycles. The summed E-state index contributed by atoms with van der Waals surface area (Å²) in [6.07, 6.45) is -5.02. The molecular weight excluding hydrogens is 516 g/mol. The second-order valence-corrected chi connectivity index (χ2v) is 9.37. The maximum atomic E-state index is 14.9. The fourth-order valence-corrected chi connectivity index (χ4v) is 4.24. The molecule has 0 saturated carbocycles. The molecule has 0 fully saturated rings. The third-order valence-corrected chi connectivity index (χ3v) is 6.29. The van der Waals surface area contributed by atoms with Crippen molar-refractivity contribution in [2.45, 2.75) is 18.0 Å². The van der Waals surface area contributed by atoms with Gasteiger partial charge in [-0.3, -0.25) is 10.2 Å². The number of hydrogen-bond acceptors (Lipinski definition) is 5. The van der Waals surface area contributed by atoms with Gasteiger partial charge in [-0.1, -0.05) is 24.3 Å². The number of nitrogen functional groups attached to an aromatic ring is 1. The predicted molar refractivity (Wildman–Crippen MR) is 130 cm³/mol. The Morgan fingerprint density at radius 2 is 1.70 bits per heavy atom. The van der Waals surface area contributed by atoms with Gasteiger partial charge in [0.2, 0.25) is 10.0 Å². The SMILES string of the molecule is C/C(=C(\F)C(=O)Nc1ccc(-c2ccccc2S(N)(=O)=O)cc1C(F)(F)F)c1cc(C(=N)N)ccc1O. The fraction of sp³-hybridized carbons (Fsp3) is 0.0833. The molecule has 0 spiro atoms. The van der Waals surface area contributed by atoms with Crippen LogP contribution in [0, 0.1) is 5.41 Å². The number of hydrogen-bond donors (Lipinski definition) is 5. The number of anilines is 1. The molecule has 3 rings (SSSR count). The quantitative estimate of drug-likeness (QED) is 0.137. The zero-order valence-corrected chi connectivity index (χ0v) is 19.8. The highest BCUT2D eigenvalue weighted by molar-refractivity contribution is 7.89. The van der Waals surface area contributed by atoms with E-state index in [9.17, 15) is 35.9 Å². The van der Waals surface area contributed by atoms with Gasteiger partial charge in [-0.25, -0.2) is 17.9 Å². The largest absolute Gasteiger partial charge is 0.507 e. The van der Waals surface area contributed by atoms with Crippen molar-refractivity contribution in [2.24, 2.45) is 10.9 Å². The molecule has 0 unspecified atom stereocenters. The summed E-state index contributed by atoms with van der Waals surface area (Å²) >= 11 is 0. The Kier molecular flexibility index (Phi) is 7.41. The number of nitrogens with one attached hydrogen (secondary N) is 2. The molecule has 0 bridgehead atoms. The molecular formula is C24H20F4N4O4S. The van der Waals surface area contributed by atoms with Crippen molar-refractivity contribution in [3.8, 4) is 16.9 Å². The molecule has 1 amide bonds. The van der Waals surface area contributed by atoms with Crippen molar-refractivity contribution in [3.63, 3.8) is 0 Å². The molecule has 8 nitrogen and oxygen atoms in total. The minimum Gasteiger partial charge on any atom is -0.507 e. The normalized spacial score (nSPS) is 12.6. The van der Waals surface area contributed by atoms with Crippen LogP contribution < -0.4 is 16.2 Å². The number of carbonyl (C=O) groups is 1. The van der Waals surface area contributed by atoms with E-state index in [1.54, 1.807) is 0 Å². The van der Waals surface area contributed by atoms with E-state index in [4.69, 9.17) is 16.3 Å². The Morgan fingerprint density at radius 3 is 2.30 bits per heavy atom.